The number of anilines is 1. The molecule has 0 spiro atoms. The van der Waals surface area contributed by atoms with Gasteiger partial charge in [0.15, 0.2) is 0 Å². The first kappa shape index (κ1) is 20.5. The zero-order valence-electron chi connectivity index (χ0n) is 16.2. The fraction of sp³-hybridized carbons (Fsp3) is 0.136. The van der Waals surface area contributed by atoms with Crippen molar-refractivity contribution in [1.29, 1.82) is 0 Å². The zero-order chi connectivity index (χ0) is 21.2. The van der Waals surface area contributed by atoms with Crippen molar-refractivity contribution in [3.8, 4) is 5.75 Å². The maximum atomic E-state index is 13.0. The minimum absolute atomic E-state index is 0.204. The smallest absolute Gasteiger partial charge is 0.343 e. The Morgan fingerprint density at radius 3 is 2.10 bits per heavy atom. The summed E-state index contributed by atoms with van der Waals surface area (Å²) in [5.74, 6) is -0.826. The number of halogens is 1. The number of carbonyl (C=O) groups excluding carboxylic acids is 1. The highest BCUT2D eigenvalue weighted by molar-refractivity contribution is 7.92. The molecule has 0 aliphatic heterocycles. The molecule has 0 unspecified atom stereocenters. The van der Waals surface area contributed by atoms with Gasteiger partial charge in [0.1, 0.15) is 11.6 Å². The Bertz CT molecular complexity index is 1140. The van der Waals surface area contributed by atoms with E-state index in [4.69, 9.17) is 4.74 Å². The standard InChI is InChI=1S/C22H20FNO4S/c1-15-4-13-21(14-16(15)2)29(26,27)24(3)19-9-11-20(12-10-19)28-22(25)17-5-7-18(23)8-6-17/h4-14H,1-3H3. The molecule has 0 aliphatic carbocycles. The summed E-state index contributed by atoms with van der Waals surface area (Å²) in [6, 6.07) is 16.1. The average molecular weight is 413 g/mol. The fourth-order valence-electron chi connectivity index (χ4n) is 2.65. The van der Waals surface area contributed by atoms with Crippen LogP contribution in [0.25, 0.3) is 0 Å². The van der Waals surface area contributed by atoms with Crippen LogP contribution in [-0.4, -0.2) is 21.4 Å². The van der Waals surface area contributed by atoms with E-state index in [1.54, 1.807) is 30.3 Å². The number of ether oxygens (including phenoxy) is 1. The van der Waals surface area contributed by atoms with Crippen molar-refractivity contribution < 1.29 is 22.3 Å². The van der Waals surface area contributed by atoms with E-state index in [-0.39, 0.29) is 16.2 Å². The molecule has 3 rings (SSSR count). The Morgan fingerprint density at radius 1 is 0.897 bits per heavy atom. The molecule has 0 saturated heterocycles. The van der Waals surface area contributed by atoms with Gasteiger partial charge in [0.05, 0.1) is 16.1 Å². The van der Waals surface area contributed by atoms with E-state index in [9.17, 15) is 17.6 Å². The van der Waals surface area contributed by atoms with E-state index in [0.717, 1.165) is 11.1 Å². The molecular formula is C22H20FNO4S. The van der Waals surface area contributed by atoms with Gasteiger partial charge in [0, 0.05) is 7.05 Å². The molecule has 0 heterocycles. The molecule has 0 saturated carbocycles. The van der Waals surface area contributed by atoms with Gasteiger partial charge < -0.3 is 4.74 Å². The van der Waals surface area contributed by atoms with Crippen LogP contribution in [0.3, 0.4) is 0 Å². The van der Waals surface area contributed by atoms with Crippen molar-refractivity contribution >= 4 is 21.7 Å². The van der Waals surface area contributed by atoms with Crippen LogP contribution in [0.2, 0.25) is 0 Å². The number of rotatable bonds is 5. The van der Waals surface area contributed by atoms with E-state index in [1.165, 1.54) is 47.8 Å². The van der Waals surface area contributed by atoms with Crippen molar-refractivity contribution in [1.82, 2.24) is 0 Å². The van der Waals surface area contributed by atoms with Gasteiger partial charge in [-0.1, -0.05) is 6.07 Å². The summed E-state index contributed by atoms with van der Waals surface area (Å²) in [5, 5.41) is 0. The molecule has 0 aliphatic rings. The lowest BCUT2D eigenvalue weighted by atomic mass is 10.1. The molecule has 0 bridgehead atoms. The maximum Gasteiger partial charge on any atom is 0.343 e. The van der Waals surface area contributed by atoms with E-state index in [1.807, 2.05) is 13.8 Å². The lowest BCUT2D eigenvalue weighted by Crippen LogP contribution is -2.26. The van der Waals surface area contributed by atoms with Gasteiger partial charge in [-0.05, 0) is 85.6 Å². The summed E-state index contributed by atoms with van der Waals surface area (Å²) >= 11 is 0. The minimum atomic E-state index is -3.72. The molecule has 0 atom stereocenters. The zero-order valence-corrected chi connectivity index (χ0v) is 17.0. The third-order valence-corrected chi connectivity index (χ3v) is 6.41. The molecule has 0 aromatic heterocycles. The van der Waals surface area contributed by atoms with Crippen molar-refractivity contribution in [2.45, 2.75) is 18.7 Å². The number of nitrogens with zero attached hydrogens (tertiary/aromatic N) is 1. The normalized spacial score (nSPS) is 11.2. The van der Waals surface area contributed by atoms with E-state index < -0.39 is 21.8 Å². The van der Waals surface area contributed by atoms with Gasteiger partial charge in [-0.2, -0.15) is 0 Å². The Kier molecular flexibility index (Phi) is 5.70. The number of sulfonamides is 1. The van der Waals surface area contributed by atoms with Gasteiger partial charge in [-0.3, -0.25) is 4.31 Å². The number of benzene rings is 3. The highest BCUT2D eigenvalue weighted by atomic mass is 32.2. The average Bonchev–Trinajstić information content (AvgIpc) is 2.70. The summed E-state index contributed by atoms with van der Waals surface area (Å²) in [7, 11) is -2.26. The predicted octanol–water partition coefficient (Wildman–Crippen LogP) is 4.49. The number of esters is 1. The molecule has 0 amide bonds. The summed E-state index contributed by atoms with van der Waals surface area (Å²) in [4.78, 5) is 12.3. The first-order chi connectivity index (χ1) is 13.7. The summed E-state index contributed by atoms with van der Waals surface area (Å²) < 4.78 is 45.1. The second-order valence-electron chi connectivity index (χ2n) is 6.61. The van der Waals surface area contributed by atoms with Crippen LogP contribution >= 0.6 is 0 Å². The summed E-state index contributed by atoms with van der Waals surface area (Å²) in [6.45, 7) is 3.78. The molecule has 0 N–H and O–H groups in total. The fourth-order valence-corrected chi connectivity index (χ4v) is 3.93. The lowest BCUT2D eigenvalue weighted by Gasteiger charge is -2.20. The molecule has 3 aromatic carbocycles. The second kappa shape index (κ2) is 8.05. The van der Waals surface area contributed by atoms with E-state index in [2.05, 4.69) is 0 Å². The van der Waals surface area contributed by atoms with Gasteiger partial charge >= 0.3 is 5.97 Å². The van der Waals surface area contributed by atoms with E-state index in [0.29, 0.717) is 5.69 Å². The number of aryl methyl sites for hydroxylation is 2. The molecule has 5 nitrogen and oxygen atoms in total. The van der Waals surface area contributed by atoms with Crippen molar-refractivity contribution in [2.24, 2.45) is 0 Å². The van der Waals surface area contributed by atoms with Crippen LogP contribution in [0.1, 0.15) is 21.5 Å². The summed E-state index contributed by atoms with van der Waals surface area (Å²) in [5.41, 5.74) is 2.54. The number of hydrogen-bond acceptors (Lipinski definition) is 4. The largest absolute Gasteiger partial charge is 0.423 e. The molecular weight excluding hydrogens is 393 g/mol. The molecule has 29 heavy (non-hydrogen) atoms. The topological polar surface area (TPSA) is 63.7 Å². The molecule has 3 aromatic rings. The van der Waals surface area contributed by atoms with Gasteiger partial charge in [-0.15, -0.1) is 0 Å². The van der Waals surface area contributed by atoms with Crippen LogP contribution < -0.4 is 9.04 Å². The number of hydrogen-bond donors (Lipinski definition) is 0. The first-order valence-electron chi connectivity index (χ1n) is 8.82. The molecule has 7 heteroatoms. The van der Waals surface area contributed by atoms with Crippen LogP contribution in [0, 0.1) is 19.7 Å². The Balaban J connectivity index is 1.77. The van der Waals surface area contributed by atoms with Crippen molar-refractivity contribution in [3.05, 3.63) is 89.2 Å². The molecule has 0 fully saturated rings. The van der Waals surface area contributed by atoms with Crippen molar-refractivity contribution in [2.75, 3.05) is 11.4 Å². The molecule has 150 valence electrons. The predicted molar refractivity (Wildman–Crippen MR) is 109 cm³/mol. The first-order valence-corrected chi connectivity index (χ1v) is 10.3. The monoisotopic (exact) mass is 413 g/mol. The van der Waals surface area contributed by atoms with Gasteiger partial charge in [-0.25, -0.2) is 17.6 Å². The van der Waals surface area contributed by atoms with Crippen LogP contribution in [0.4, 0.5) is 10.1 Å². The van der Waals surface area contributed by atoms with Crippen LogP contribution in [-0.2, 0) is 10.0 Å². The minimum Gasteiger partial charge on any atom is -0.423 e. The Morgan fingerprint density at radius 2 is 1.52 bits per heavy atom. The van der Waals surface area contributed by atoms with E-state index >= 15 is 0 Å². The van der Waals surface area contributed by atoms with Crippen LogP contribution in [0.15, 0.2) is 71.6 Å². The van der Waals surface area contributed by atoms with Crippen LogP contribution in [0.5, 0.6) is 5.75 Å². The van der Waals surface area contributed by atoms with Gasteiger partial charge in [0.2, 0.25) is 0 Å². The third-order valence-electron chi connectivity index (χ3n) is 4.63. The molecule has 0 radical (unpaired) electrons. The SMILES string of the molecule is Cc1ccc(S(=O)(=O)N(C)c2ccc(OC(=O)c3ccc(F)cc3)cc2)cc1C. The number of carbonyl (C=O) groups is 1. The van der Waals surface area contributed by atoms with Crippen molar-refractivity contribution in [3.63, 3.8) is 0 Å². The lowest BCUT2D eigenvalue weighted by molar-refractivity contribution is 0.0734. The van der Waals surface area contributed by atoms with Gasteiger partial charge in [0.25, 0.3) is 10.0 Å². The summed E-state index contributed by atoms with van der Waals surface area (Å²) in [6.07, 6.45) is 0. The maximum absolute atomic E-state index is 13.0. The highest BCUT2D eigenvalue weighted by Crippen LogP contribution is 2.25. The Labute approximate surface area is 169 Å². The second-order valence-corrected chi connectivity index (χ2v) is 8.58. The highest BCUT2D eigenvalue weighted by Gasteiger charge is 2.22. The quantitative estimate of drug-likeness (QED) is 0.457. The third kappa shape index (κ3) is 4.46. The Hall–Kier alpha value is -3.19.